The van der Waals surface area contributed by atoms with Gasteiger partial charge in [0.1, 0.15) is 5.52 Å². The number of oxazole rings is 1. The van der Waals surface area contributed by atoms with Crippen molar-refractivity contribution in [2.75, 3.05) is 0 Å². The highest BCUT2D eigenvalue weighted by atomic mass is 35.5. The van der Waals surface area contributed by atoms with Gasteiger partial charge in [0, 0.05) is 11.4 Å². The number of halogens is 1. The van der Waals surface area contributed by atoms with Crippen molar-refractivity contribution in [2.45, 2.75) is 32.6 Å². The standard InChI is InChI=1S/C18H18ClNO/c1-18(2,3)13-7-8-16-15(11-13)20-17(21-16)10-12-5-4-6-14(19)9-12/h4-9,11H,10H2,1-3H3. The van der Waals surface area contributed by atoms with Crippen molar-refractivity contribution >= 4 is 22.7 Å². The minimum absolute atomic E-state index is 0.111. The molecule has 0 unspecified atom stereocenters. The molecule has 0 spiro atoms. The molecule has 0 amide bonds. The van der Waals surface area contributed by atoms with Gasteiger partial charge in [0.2, 0.25) is 0 Å². The van der Waals surface area contributed by atoms with E-state index in [1.54, 1.807) is 0 Å². The Morgan fingerprint density at radius 1 is 1.10 bits per heavy atom. The van der Waals surface area contributed by atoms with Gasteiger partial charge in [-0.3, -0.25) is 0 Å². The fourth-order valence-electron chi connectivity index (χ4n) is 2.34. The summed E-state index contributed by atoms with van der Waals surface area (Å²) >= 11 is 6.01. The summed E-state index contributed by atoms with van der Waals surface area (Å²) in [6.45, 7) is 6.59. The van der Waals surface area contributed by atoms with Gasteiger partial charge >= 0.3 is 0 Å². The summed E-state index contributed by atoms with van der Waals surface area (Å²) in [5.41, 5.74) is 4.22. The van der Waals surface area contributed by atoms with E-state index < -0.39 is 0 Å². The minimum Gasteiger partial charge on any atom is -0.440 e. The van der Waals surface area contributed by atoms with Gasteiger partial charge in [0.25, 0.3) is 0 Å². The molecule has 0 saturated carbocycles. The molecule has 0 aliphatic carbocycles. The first kappa shape index (κ1) is 14.2. The SMILES string of the molecule is CC(C)(C)c1ccc2oc(Cc3cccc(Cl)c3)nc2c1. The molecule has 3 aromatic rings. The van der Waals surface area contributed by atoms with E-state index in [-0.39, 0.29) is 5.41 Å². The van der Waals surface area contributed by atoms with E-state index in [2.05, 4.69) is 37.9 Å². The summed E-state index contributed by atoms with van der Waals surface area (Å²) in [6, 6.07) is 14.0. The zero-order valence-electron chi connectivity index (χ0n) is 12.5. The number of aromatic nitrogens is 1. The summed E-state index contributed by atoms with van der Waals surface area (Å²) < 4.78 is 5.83. The van der Waals surface area contributed by atoms with Crippen LogP contribution in [0.1, 0.15) is 37.8 Å². The van der Waals surface area contributed by atoms with Crippen molar-refractivity contribution in [3.8, 4) is 0 Å². The highest BCUT2D eigenvalue weighted by Crippen LogP contribution is 2.27. The number of nitrogens with zero attached hydrogens (tertiary/aromatic N) is 1. The van der Waals surface area contributed by atoms with Gasteiger partial charge in [-0.2, -0.15) is 0 Å². The molecule has 0 atom stereocenters. The van der Waals surface area contributed by atoms with Gasteiger partial charge in [-0.25, -0.2) is 4.98 Å². The second-order valence-electron chi connectivity index (χ2n) is 6.35. The van der Waals surface area contributed by atoms with Crippen molar-refractivity contribution < 1.29 is 4.42 Å². The van der Waals surface area contributed by atoms with Crippen LogP contribution in [0.5, 0.6) is 0 Å². The molecular weight excluding hydrogens is 282 g/mol. The molecule has 0 saturated heterocycles. The maximum atomic E-state index is 6.01. The molecule has 0 fully saturated rings. The van der Waals surface area contributed by atoms with Crippen molar-refractivity contribution in [2.24, 2.45) is 0 Å². The third kappa shape index (κ3) is 3.11. The molecule has 21 heavy (non-hydrogen) atoms. The summed E-state index contributed by atoms with van der Waals surface area (Å²) in [6.07, 6.45) is 0.653. The fraction of sp³-hybridized carbons (Fsp3) is 0.278. The van der Waals surface area contributed by atoms with Crippen molar-refractivity contribution in [1.29, 1.82) is 0 Å². The minimum atomic E-state index is 0.111. The molecule has 0 N–H and O–H groups in total. The molecular formula is C18H18ClNO. The van der Waals surface area contributed by atoms with Crippen LogP contribution in [0.25, 0.3) is 11.1 Å². The predicted molar refractivity (Wildman–Crippen MR) is 87.0 cm³/mol. The molecule has 3 heteroatoms. The lowest BCUT2D eigenvalue weighted by molar-refractivity contribution is 0.543. The first-order valence-electron chi connectivity index (χ1n) is 7.06. The lowest BCUT2D eigenvalue weighted by atomic mass is 9.87. The van der Waals surface area contributed by atoms with E-state index in [0.717, 1.165) is 27.6 Å². The Morgan fingerprint density at radius 2 is 1.90 bits per heavy atom. The van der Waals surface area contributed by atoms with E-state index >= 15 is 0 Å². The lowest BCUT2D eigenvalue weighted by Gasteiger charge is -2.18. The topological polar surface area (TPSA) is 26.0 Å². The smallest absolute Gasteiger partial charge is 0.199 e. The van der Waals surface area contributed by atoms with Crippen molar-refractivity contribution in [3.63, 3.8) is 0 Å². The third-order valence-electron chi connectivity index (χ3n) is 3.54. The molecule has 0 radical (unpaired) electrons. The number of rotatable bonds is 2. The lowest BCUT2D eigenvalue weighted by Crippen LogP contribution is -2.10. The average molecular weight is 300 g/mol. The van der Waals surface area contributed by atoms with Crippen LogP contribution < -0.4 is 0 Å². The van der Waals surface area contributed by atoms with Crippen LogP contribution >= 0.6 is 11.6 Å². The van der Waals surface area contributed by atoms with Crippen molar-refractivity contribution in [3.05, 3.63) is 64.5 Å². The molecule has 2 nitrogen and oxygen atoms in total. The Hall–Kier alpha value is -1.80. The first-order chi connectivity index (χ1) is 9.91. The van der Waals surface area contributed by atoms with Crippen LogP contribution in [0.15, 0.2) is 46.9 Å². The van der Waals surface area contributed by atoms with Gasteiger partial charge in [0.05, 0.1) is 0 Å². The number of hydrogen-bond donors (Lipinski definition) is 0. The quantitative estimate of drug-likeness (QED) is 0.636. The second-order valence-corrected chi connectivity index (χ2v) is 6.78. The van der Waals surface area contributed by atoms with Crippen LogP contribution in [0.4, 0.5) is 0 Å². The van der Waals surface area contributed by atoms with E-state index in [1.807, 2.05) is 30.3 Å². The Kier molecular flexibility index (Phi) is 3.50. The maximum Gasteiger partial charge on any atom is 0.199 e. The summed E-state index contributed by atoms with van der Waals surface area (Å²) in [7, 11) is 0. The third-order valence-corrected chi connectivity index (χ3v) is 3.78. The van der Waals surface area contributed by atoms with E-state index in [1.165, 1.54) is 5.56 Å². The van der Waals surface area contributed by atoms with Gasteiger partial charge in [0.15, 0.2) is 11.5 Å². The van der Waals surface area contributed by atoms with Crippen LogP contribution in [0, 0.1) is 0 Å². The zero-order valence-corrected chi connectivity index (χ0v) is 13.2. The first-order valence-corrected chi connectivity index (χ1v) is 7.44. The predicted octanol–water partition coefficient (Wildman–Crippen LogP) is 5.37. The van der Waals surface area contributed by atoms with Crippen LogP contribution in [0.3, 0.4) is 0 Å². The average Bonchev–Trinajstić information content (AvgIpc) is 2.78. The van der Waals surface area contributed by atoms with Gasteiger partial charge in [-0.15, -0.1) is 0 Å². The molecule has 3 rings (SSSR count). The molecule has 0 bridgehead atoms. The van der Waals surface area contributed by atoms with E-state index in [0.29, 0.717) is 6.42 Å². The highest BCUT2D eigenvalue weighted by Gasteiger charge is 2.15. The van der Waals surface area contributed by atoms with Crippen LogP contribution in [0.2, 0.25) is 5.02 Å². The molecule has 0 aliphatic heterocycles. The Bertz CT molecular complexity index is 783. The van der Waals surface area contributed by atoms with Gasteiger partial charge in [-0.05, 0) is 40.8 Å². The van der Waals surface area contributed by atoms with E-state index in [4.69, 9.17) is 16.0 Å². The second kappa shape index (κ2) is 5.19. The summed E-state index contributed by atoms with van der Waals surface area (Å²) in [4.78, 5) is 4.60. The number of fused-ring (bicyclic) bond motifs is 1. The Labute approximate surface area is 129 Å². The van der Waals surface area contributed by atoms with Gasteiger partial charge in [-0.1, -0.05) is 50.6 Å². The van der Waals surface area contributed by atoms with Gasteiger partial charge < -0.3 is 4.42 Å². The molecule has 1 heterocycles. The molecule has 0 aliphatic rings. The number of hydrogen-bond acceptors (Lipinski definition) is 2. The Morgan fingerprint density at radius 3 is 2.62 bits per heavy atom. The molecule has 2 aromatic carbocycles. The van der Waals surface area contributed by atoms with Crippen LogP contribution in [-0.2, 0) is 11.8 Å². The molecule has 108 valence electrons. The van der Waals surface area contributed by atoms with Crippen molar-refractivity contribution in [1.82, 2.24) is 4.98 Å². The van der Waals surface area contributed by atoms with E-state index in [9.17, 15) is 0 Å². The Balaban J connectivity index is 1.94. The number of benzene rings is 2. The largest absolute Gasteiger partial charge is 0.440 e. The molecule has 1 aromatic heterocycles. The maximum absolute atomic E-state index is 6.01. The fourth-order valence-corrected chi connectivity index (χ4v) is 2.55. The summed E-state index contributed by atoms with van der Waals surface area (Å²) in [5, 5.41) is 0.735. The van der Waals surface area contributed by atoms with Crippen LogP contribution in [-0.4, -0.2) is 4.98 Å². The monoisotopic (exact) mass is 299 g/mol. The zero-order chi connectivity index (χ0) is 15.0. The summed E-state index contributed by atoms with van der Waals surface area (Å²) in [5.74, 6) is 0.721. The highest BCUT2D eigenvalue weighted by molar-refractivity contribution is 6.30. The normalized spacial score (nSPS) is 12.0.